The predicted octanol–water partition coefficient (Wildman–Crippen LogP) is 3.52. The summed E-state index contributed by atoms with van der Waals surface area (Å²) in [7, 11) is 0. The second-order valence-electron chi connectivity index (χ2n) is 7.14. The van der Waals surface area contributed by atoms with E-state index in [0.29, 0.717) is 18.2 Å². The molecule has 0 bridgehead atoms. The first-order chi connectivity index (χ1) is 10.3. The molecule has 0 spiro atoms. The molecule has 114 valence electrons. The molecule has 2 fully saturated rings. The van der Waals surface area contributed by atoms with Gasteiger partial charge in [-0.15, -0.1) is 0 Å². The SMILES string of the molecule is CC(CCc1ccc2c(c1)OCO2)NCC1(C2CC2)CC1. The highest BCUT2D eigenvalue weighted by atomic mass is 16.7. The average Bonchev–Trinajstić information content (AvgIpc) is 3.39. The topological polar surface area (TPSA) is 30.5 Å². The molecule has 1 N–H and O–H groups in total. The van der Waals surface area contributed by atoms with Crippen molar-refractivity contribution in [1.82, 2.24) is 5.32 Å². The van der Waals surface area contributed by atoms with Crippen LogP contribution in [0.2, 0.25) is 0 Å². The summed E-state index contributed by atoms with van der Waals surface area (Å²) in [6.45, 7) is 3.91. The van der Waals surface area contributed by atoms with Gasteiger partial charge < -0.3 is 14.8 Å². The molecule has 2 aliphatic carbocycles. The molecule has 2 saturated carbocycles. The van der Waals surface area contributed by atoms with Gasteiger partial charge in [-0.1, -0.05) is 6.07 Å². The van der Waals surface area contributed by atoms with Crippen LogP contribution in [0.25, 0.3) is 0 Å². The predicted molar refractivity (Wildman–Crippen MR) is 82.7 cm³/mol. The average molecular weight is 287 g/mol. The summed E-state index contributed by atoms with van der Waals surface area (Å²) < 4.78 is 10.8. The van der Waals surface area contributed by atoms with Gasteiger partial charge in [0.2, 0.25) is 6.79 Å². The second-order valence-corrected chi connectivity index (χ2v) is 7.14. The van der Waals surface area contributed by atoms with Gasteiger partial charge in [-0.05, 0) is 74.5 Å². The maximum atomic E-state index is 5.44. The third-order valence-electron chi connectivity index (χ3n) is 5.44. The minimum absolute atomic E-state index is 0.361. The molecule has 1 unspecified atom stereocenters. The molecule has 0 radical (unpaired) electrons. The summed E-state index contributed by atoms with van der Waals surface area (Å²) in [5.74, 6) is 2.83. The summed E-state index contributed by atoms with van der Waals surface area (Å²) in [5, 5.41) is 3.77. The fourth-order valence-corrected chi connectivity index (χ4v) is 3.54. The van der Waals surface area contributed by atoms with Crippen LogP contribution < -0.4 is 14.8 Å². The zero-order valence-electron chi connectivity index (χ0n) is 12.9. The molecule has 1 aliphatic heterocycles. The lowest BCUT2D eigenvalue weighted by Gasteiger charge is -2.20. The first kappa shape index (κ1) is 13.4. The molecule has 0 aromatic heterocycles. The smallest absolute Gasteiger partial charge is 0.231 e. The number of hydrogen-bond donors (Lipinski definition) is 1. The van der Waals surface area contributed by atoms with Crippen molar-refractivity contribution in [1.29, 1.82) is 0 Å². The number of rotatable bonds is 7. The monoisotopic (exact) mass is 287 g/mol. The van der Waals surface area contributed by atoms with Crippen molar-refractivity contribution in [3.63, 3.8) is 0 Å². The Morgan fingerprint density at radius 1 is 1.24 bits per heavy atom. The van der Waals surface area contributed by atoms with E-state index in [1.807, 2.05) is 6.07 Å². The fraction of sp³-hybridized carbons (Fsp3) is 0.667. The van der Waals surface area contributed by atoms with E-state index in [1.54, 1.807) is 0 Å². The zero-order valence-corrected chi connectivity index (χ0v) is 12.9. The molecule has 0 amide bonds. The lowest BCUT2D eigenvalue weighted by atomic mass is 9.99. The summed E-state index contributed by atoms with van der Waals surface area (Å²) in [4.78, 5) is 0. The van der Waals surface area contributed by atoms with Gasteiger partial charge in [0.05, 0.1) is 0 Å². The molecule has 1 aromatic carbocycles. The van der Waals surface area contributed by atoms with Crippen molar-refractivity contribution in [3.05, 3.63) is 23.8 Å². The van der Waals surface area contributed by atoms with Crippen LogP contribution >= 0.6 is 0 Å². The zero-order chi connectivity index (χ0) is 14.3. The molecule has 1 atom stereocenters. The lowest BCUT2D eigenvalue weighted by molar-refractivity contribution is 0.174. The van der Waals surface area contributed by atoms with E-state index >= 15 is 0 Å². The normalized spacial score (nSPS) is 23.1. The molecular formula is C18H25NO2. The van der Waals surface area contributed by atoms with E-state index < -0.39 is 0 Å². The van der Waals surface area contributed by atoms with Crippen LogP contribution in [-0.4, -0.2) is 19.4 Å². The molecule has 0 saturated heterocycles. The van der Waals surface area contributed by atoms with E-state index in [4.69, 9.17) is 9.47 Å². The minimum atomic E-state index is 0.361. The maximum Gasteiger partial charge on any atom is 0.231 e. The quantitative estimate of drug-likeness (QED) is 0.832. The number of ether oxygens (including phenoxy) is 2. The van der Waals surface area contributed by atoms with Crippen LogP contribution in [0.5, 0.6) is 11.5 Å². The molecule has 4 rings (SSSR count). The number of aryl methyl sites for hydroxylation is 1. The van der Waals surface area contributed by atoms with Gasteiger partial charge in [0.15, 0.2) is 11.5 Å². The Balaban J connectivity index is 1.24. The van der Waals surface area contributed by atoms with Crippen LogP contribution in [-0.2, 0) is 6.42 Å². The highest BCUT2D eigenvalue weighted by molar-refractivity contribution is 5.44. The molecule has 3 heteroatoms. The van der Waals surface area contributed by atoms with E-state index in [-0.39, 0.29) is 0 Å². The third kappa shape index (κ3) is 2.89. The number of nitrogens with one attached hydrogen (secondary N) is 1. The van der Waals surface area contributed by atoms with Crippen molar-refractivity contribution in [2.75, 3.05) is 13.3 Å². The largest absolute Gasteiger partial charge is 0.454 e. The van der Waals surface area contributed by atoms with Gasteiger partial charge >= 0.3 is 0 Å². The highest BCUT2D eigenvalue weighted by Gasteiger charge is 2.53. The Kier molecular flexibility index (Phi) is 3.33. The number of benzene rings is 1. The summed E-state index contributed by atoms with van der Waals surface area (Å²) >= 11 is 0. The summed E-state index contributed by atoms with van der Waals surface area (Å²) in [5.41, 5.74) is 2.05. The maximum absolute atomic E-state index is 5.44. The van der Waals surface area contributed by atoms with Crippen LogP contribution in [0.4, 0.5) is 0 Å². The number of hydrogen-bond acceptors (Lipinski definition) is 3. The Hall–Kier alpha value is -1.22. The van der Waals surface area contributed by atoms with Crippen LogP contribution in [0, 0.1) is 11.3 Å². The Labute approximate surface area is 127 Å². The first-order valence-corrected chi connectivity index (χ1v) is 8.37. The standard InChI is InChI=1S/C18H25NO2/c1-13(19-11-18(8-9-18)15-5-6-15)2-3-14-4-7-16-17(10-14)21-12-20-16/h4,7,10,13,15,19H,2-3,5-6,8-9,11-12H2,1H3. The van der Waals surface area contributed by atoms with Gasteiger partial charge in [0.1, 0.15) is 0 Å². The Morgan fingerprint density at radius 2 is 2.05 bits per heavy atom. The molecular weight excluding hydrogens is 262 g/mol. The lowest BCUT2D eigenvalue weighted by Crippen LogP contribution is -2.33. The van der Waals surface area contributed by atoms with E-state index in [1.165, 1.54) is 44.2 Å². The summed E-state index contributed by atoms with van der Waals surface area (Å²) in [6, 6.07) is 6.91. The van der Waals surface area contributed by atoms with Gasteiger partial charge in [0.25, 0.3) is 0 Å². The molecule has 1 heterocycles. The second kappa shape index (κ2) is 5.20. The van der Waals surface area contributed by atoms with Crippen molar-refractivity contribution < 1.29 is 9.47 Å². The molecule has 3 aliphatic rings. The highest BCUT2D eigenvalue weighted by Crippen LogP contribution is 2.60. The van der Waals surface area contributed by atoms with Crippen molar-refractivity contribution in [2.45, 2.75) is 51.5 Å². The van der Waals surface area contributed by atoms with Gasteiger partial charge in [-0.25, -0.2) is 0 Å². The van der Waals surface area contributed by atoms with Gasteiger partial charge in [0, 0.05) is 12.6 Å². The van der Waals surface area contributed by atoms with E-state index in [9.17, 15) is 0 Å². The third-order valence-corrected chi connectivity index (χ3v) is 5.44. The van der Waals surface area contributed by atoms with Gasteiger partial charge in [-0.3, -0.25) is 0 Å². The van der Waals surface area contributed by atoms with Crippen LogP contribution in [0.1, 0.15) is 44.6 Å². The van der Waals surface area contributed by atoms with Crippen LogP contribution in [0.3, 0.4) is 0 Å². The van der Waals surface area contributed by atoms with Gasteiger partial charge in [-0.2, -0.15) is 0 Å². The Morgan fingerprint density at radius 3 is 2.81 bits per heavy atom. The van der Waals surface area contributed by atoms with Crippen molar-refractivity contribution >= 4 is 0 Å². The Bertz CT molecular complexity index is 520. The fourth-order valence-electron chi connectivity index (χ4n) is 3.54. The molecule has 3 nitrogen and oxygen atoms in total. The molecule has 21 heavy (non-hydrogen) atoms. The van der Waals surface area contributed by atoms with E-state index in [2.05, 4.69) is 24.4 Å². The van der Waals surface area contributed by atoms with Crippen molar-refractivity contribution in [3.8, 4) is 11.5 Å². The van der Waals surface area contributed by atoms with Crippen LogP contribution in [0.15, 0.2) is 18.2 Å². The number of fused-ring (bicyclic) bond motifs is 1. The van der Waals surface area contributed by atoms with Crippen molar-refractivity contribution in [2.24, 2.45) is 11.3 Å². The first-order valence-electron chi connectivity index (χ1n) is 8.37. The minimum Gasteiger partial charge on any atom is -0.454 e. The molecule has 1 aromatic rings. The van der Waals surface area contributed by atoms with E-state index in [0.717, 1.165) is 23.8 Å². The summed E-state index contributed by atoms with van der Waals surface area (Å²) in [6.07, 6.45) is 8.15.